The average Bonchev–Trinajstić information content (AvgIpc) is 2.30. The minimum absolute atomic E-state index is 0.0636. The molecular formula is C15H24F2N2. The summed E-state index contributed by atoms with van der Waals surface area (Å²) in [6.07, 6.45) is 0. The normalized spacial score (nSPS) is 11.4. The lowest BCUT2D eigenvalue weighted by Gasteiger charge is -2.28. The Kier molecular flexibility index (Phi) is 5.73. The van der Waals surface area contributed by atoms with E-state index in [-0.39, 0.29) is 17.8 Å². The fourth-order valence-corrected chi connectivity index (χ4v) is 2.10. The number of anilines is 1. The Morgan fingerprint density at radius 3 is 2.00 bits per heavy atom. The smallest absolute Gasteiger partial charge is 0.149 e. The van der Waals surface area contributed by atoms with Crippen molar-refractivity contribution in [1.82, 2.24) is 5.32 Å². The molecule has 0 heterocycles. The molecule has 0 bridgehead atoms. The lowest BCUT2D eigenvalue weighted by molar-refractivity contribution is 0.546. The van der Waals surface area contributed by atoms with E-state index in [4.69, 9.17) is 0 Å². The van der Waals surface area contributed by atoms with Gasteiger partial charge in [-0.15, -0.1) is 0 Å². The second-order valence-electron chi connectivity index (χ2n) is 5.32. The molecule has 0 aliphatic rings. The molecule has 0 amide bonds. The van der Waals surface area contributed by atoms with Crippen LogP contribution >= 0.6 is 0 Å². The molecule has 0 spiro atoms. The first kappa shape index (κ1) is 15.9. The fraction of sp³-hybridized carbons (Fsp3) is 0.600. The lowest BCUT2D eigenvalue weighted by atomic mass is 10.1. The van der Waals surface area contributed by atoms with E-state index >= 15 is 0 Å². The Morgan fingerprint density at radius 2 is 1.63 bits per heavy atom. The lowest BCUT2D eigenvalue weighted by Crippen LogP contribution is -2.32. The van der Waals surface area contributed by atoms with E-state index in [9.17, 15) is 8.78 Å². The van der Waals surface area contributed by atoms with Gasteiger partial charge in [-0.1, -0.05) is 13.8 Å². The Hall–Kier alpha value is -1.16. The summed E-state index contributed by atoms with van der Waals surface area (Å²) in [5, 5.41) is 3.15. The molecule has 2 nitrogen and oxygen atoms in total. The van der Waals surface area contributed by atoms with Crippen LogP contribution in [0.5, 0.6) is 0 Å². The first-order valence-electron chi connectivity index (χ1n) is 6.84. The Bertz CT molecular complexity index is 394. The number of benzene rings is 1. The highest BCUT2D eigenvalue weighted by Crippen LogP contribution is 2.26. The maximum atomic E-state index is 14.1. The van der Waals surface area contributed by atoms with Crippen LogP contribution in [0.1, 0.15) is 40.2 Å². The second-order valence-corrected chi connectivity index (χ2v) is 5.32. The van der Waals surface area contributed by atoms with Crippen molar-refractivity contribution in [3.05, 3.63) is 29.3 Å². The van der Waals surface area contributed by atoms with E-state index in [1.54, 1.807) is 4.90 Å². The van der Waals surface area contributed by atoms with Crippen LogP contribution in [0.4, 0.5) is 14.5 Å². The van der Waals surface area contributed by atoms with Crippen molar-refractivity contribution >= 4 is 5.69 Å². The number of hydrogen-bond acceptors (Lipinski definition) is 2. The van der Waals surface area contributed by atoms with Crippen molar-refractivity contribution in [3.8, 4) is 0 Å². The molecule has 0 atom stereocenters. The topological polar surface area (TPSA) is 15.3 Å². The molecule has 1 rings (SSSR count). The van der Waals surface area contributed by atoms with Crippen molar-refractivity contribution in [2.24, 2.45) is 0 Å². The molecule has 1 N–H and O–H groups in total. The van der Waals surface area contributed by atoms with Gasteiger partial charge in [-0.05, 0) is 38.5 Å². The summed E-state index contributed by atoms with van der Waals surface area (Å²) in [7, 11) is 0. The summed E-state index contributed by atoms with van der Waals surface area (Å²) in [5.41, 5.74) is 0.707. The third kappa shape index (κ3) is 4.16. The zero-order valence-electron chi connectivity index (χ0n) is 12.4. The zero-order chi connectivity index (χ0) is 14.6. The molecule has 1 aromatic carbocycles. The largest absolute Gasteiger partial charge is 0.365 e. The molecule has 0 aliphatic carbocycles. The van der Waals surface area contributed by atoms with Gasteiger partial charge >= 0.3 is 0 Å². The van der Waals surface area contributed by atoms with Gasteiger partial charge in [0.05, 0.1) is 0 Å². The Morgan fingerprint density at radius 1 is 1.11 bits per heavy atom. The minimum Gasteiger partial charge on any atom is -0.365 e. The van der Waals surface area contributed by atoms with Crippen LogP contribution in [0.3, 0.4) is 0 Å². The Balaban J connectivity index is 3.03. The number of nitrogens with one attached hydrogen (secondary N) is 1. The van der Waals surface area contributed by atoms with Crippen molar-refractivity contribution in [2.75, 3.05) is 11.4 Å². The van der Waals surface area contributed by atoms with Crippen molar-refractivity contribution in [3.63, 3.8) is 0 Å². The van der Waals surface area contributed by atoms with Crippen LogP contribution < -0.4 is 10.2 Å². The summed E-state index contributed by atoms with van der Waals surface area (Å²) in [6, 6.07) is 3.18. The van der Waals surface area contributed by atoms with Gasteiger partial charge in [0.25, 0.3) is 0 Å². The summed E-state index contributed by atoms with van der Waals surface area (Å²) in [6.45, 7) is 10.8. The highest BCUT2D eigenvalue weighted by atomic mass is 19.1. The second kappa shape index (κ2) is 6.85. The summed E-state index contributed by atoms with van der Waals surface area (Å²) in [5.74, 6) is -0.979. The van der Waals surface area contributed by atoms with Gasteiger partial charge in [-0.25, -0.2) is 8.78 Å². The molecule has 108 valence electrons. The number of halogens is 2. The highest BCUT2D eigenvalue weighted by molar-refractivity contribution is 5.51. The van der Waals surface area contributed by atoms with E-state index in [1.165, 1.54) is 12.1 Å². The quantitative estimate of drug-likeness (QED) is 0.848. The first-order chi connectivity index (χ1) is 8.86. The summed E-state index contributed by atoms with van der Waals surface area (Å²) >= 11 is 0. The van der Waals surface area contributed by atoms with Crippen LogP contribution in [0.15, 0.2) is 12.1 Å². The molecule has 0 unspecified atom stereocenters. The molecule has 0 radical (unpaired) electrons. The van der Waals surface area contributed by atoms with Gasteiger partial charge < -0.3 is 10.2 Å². The maximum absolute atomic E-state index is 14.1. The predicted molar refractivity (Wildman–Crippen MR) is 76.5 cm³/mol. The van der Waals surface area contributed by atoms with E-state index in [2.05, 4.69) is 5.32 Å². The van der Waals surface area contributed by atoms with E-state index in [0.29, 0.717) is 18.7 Å². The first-order valence-corrected chi connectivity index (χ1v) is 6.84. The van der Waals surface area contributed by atoms with Gasteiger partial charge in [0, 0.05) is 25.2 Å². The number of rotatable bonds is 6. The van der Waals surface area contributed by atoms with Gasteiger partial charge in [-0.3, -0.25) is 0 Å². The van der Waals surface area contributed by atoms with Crippen molar-refractivity contribution < 1.29 is 8.78 Å². The molecule has 0 aliphatic heterocycles. The molecule has 0 fully saturated rings. The van der Waals surface area contributed by atoms with Crippen LogP contribution in [-0.4, -0.2) is 18.6 Å². The van der Waals surface area contributed by atoms with Crippen molar-refractivity contribution in [2.45, 2.75) is 53.2 Å². The molecule has 1 aromatic rings. The maximum Gasteiger partial charge on any atom is 0.149 e. The molecule has 4 heteroatoms. The van der Waals surface area contributed by atoms with E-state index < -0.39 is 11.6 Å². The molecule has 19 heavy (non-hydrogen) atoms. The standard InChI is InChI=1S/C15H24F2N2/c1-6-19(11(4)5)15-13(16)7-12(8-14(15)17)9-18-10(2)3/h7-8,10-11,18H,6,9H2,1-5H3. The predicted octanol–water partition coefficient (Wildman–Crippen LogP) is 3.70. The average molecular weight is 270 g/mol. The van der Waals surface area contributed by atoms with Crippen LogP contribution in [0.2, 0.25) is 0 Å². The SMILES string of the molecule is CCN(c1c(F)cc(CNC(C)C)cc1F)C(C)C. The summed E-state index contributed by atoms with van der Waals surface area (Å²) < 4.78 is 28.2. The van der Waals surface area contributed by atoms with Crippen LogP contribution in [-0.2, 0) is 6.54 Å². The third-order valence-electron chi connectivity index (χ3n) is 3.04. The monoisotopic (exact) mass is 270 g/mol. The van der Waals surface area contributed by atoms with Gasteiger partial charge in [-0.2, -0.15) is 0 Å². The highest BCUT2D eigenvalue weighted by Gasteiger charge is 2.19. The Labute approximate surface area is 114 Å². The van der Waals surface area contributed by atoms with Crippen LogP contribution in [0, 0.1) is 11.6 Å². The van der Waals surface area contributed by atoms with E-state index in [0.717, 1.165) is 0 Å². The minimum atomic E-state index is -0.490. The van der Waals surface area contributed by atoms with Gasteiger partial charge in [0.1, 0.15) is 17.3 Å². The number of nitrogens with zero attached hydrogens (tertiary/aromatic N) is 1. The molecular weight excluding hydrogens is 246 g/mol. The number of hydrogen-bond donors (Lipinski definition) is 1. The zero-order valence-corrected chi connectivity index (χ0v) is 12.4. The van der Waals surface area contributed by atoms with Crippen LogP contribution in [0.25, 0.3) is 0 Å². The fourth-order valence-electron chi connectivity index (χ4n) is 2.10. The molecule has 0 saturated heterocycles. The van der Waals surface area contributed by atoms with Gasteiger partial charge in [0.15, 0.2) is 0 Å². The molecule has 0 aromatic heterocycles. The van der Waals surface area contributed by atoms with Gasteiger partial charge in [0.2, 0.25) is 0 Å². The third-order valence-corrected chi connectivity index (χ3v) is 3.04. The molecule has 0 saturated carbocycles. The van der Waals surface area contributed by atoms with E-state index in [1.807, 2.05) is 34.6 Å². The van der Waals surface area contributed by atoms with Crippen molar-refractivity contribution in [1.29, 1.82) is 0 Å². The summed E-state index contributed by atoms with van der Waals surface area (Å²) in [4.78, 5) is 1.73.